The normalized spacial score (nSPS) is 13.4. The van der Waals surface area contributed by atoms with Crippen molar-refractivity contribution in [2.45, 2.75) is 45.4 Å². The SMILES string of the molecule is Cc1[nH]c2ccccc2c1-c1csc(NC(=O)CCc2nc3sc4c(c3c(=O)[nH]2)CCCC4)n1. The molecule has 172 valence electrons. The number of nitrogens with one attached hydrogen (secondary N) is 3. The highest BCUT2D eigenvalue weighted by Gasteiger charge is 2.20. The molecule has 0 radical (unpaired) electrons. The first-order chi connectivity index (χ1) is 16.6. The van der Waals surface area contributed by atoms with Crippen molar-refractivity contribution in [3.8, 4) is 11.3 Å². The number of rotatable bonds is 5. The van der Waals surface area contributed by atoms with E-state index in [1.807, 2.05) is 30.5 Å². The van der Waals surface area contributed by atoms with Gasteiger partial charge in [-0.3, -0.25) is 9.59 Å². The van der Waals surface area contributed by atoms with Crippen LogP contribution in [-0.2, 0) is 24.1 Å². The first-order valence-electron chi connectivity index (χ1n) is 11.4. The van der Waals surface area contributed by atoms with Gasteiger partial charge in [0.15, 0.2) is 5.13 Å². The maximum Gasteiger partial charge on any atom is 0.259 e. The van der Waals surface area contributed by atoms with E-state index in [4.69, 9.17) is 0 Å². The molecule has 1 aromatic carbocycles. The van der Waals surface area contributed by atoms with Gasteiger partial charge in [0.05, 0.1) is 11.1 Å². The quantitative estimate of drug-likeness (QED) is 0.310. The second kappa shape index (κ2) is 8.48. The number of H-pyrrole nitrogens is 2. The molecule has 0 saturated carbocycles. The third kappa shape index (κ3) is 3.74. The van der Waals surface area contributed by atoms with E-state index in [1.165, 1.54) is 28.2 Å². The summed E-state index contributed by atoms with van der Waals surface area (Å²) in [5.41, 5.74) is 5.10. The molecule has 6 rings (SSSR count). The minimum atomic E-state index is -0.148. The largest absolute Gasteiger partial charge is 0.358 e. The molecule has 1 aliphatic carbocycles. The summed E-state index contributed by atoms with van der Waals surface area (Å²) in [6, 6.07) is 8.12. The number of hydrogen-bond acceptors (Lipinski definition) is 6. The average Bonchev–Trinajstić information content (AvgIpc) is 3.51. The number of fused-ring (bicyclic) bond motifs is 4. The van der Waals surface area contributed by atoms with Crippen molar-refractivity contribution in [2.24, 2.45) is 0 Å². The van der Waals surface area contributed by atoms with Gasteiger partial charge in [0, 0.05) is 45.3 Å². The predicted molar refractivity (Wildman–Crippen MR) is 138 cm³/mol. The Labute approximate surface area is 203 Å². The molecule has 0 atom stereocenters. The number of aryl methyl sites for hydroxylation is 4. The third-order valence-electron chi connectivity index (χ3n) is 6.36. The van der Waals surface area contributed by atoms with Crippen molar-refractivity contribution in [1.29, 1.82) is 0 Å². The fraction of sp³-hybridized carbons (Fsp3) is 0.280. The molecule has 4 aromatic heterocycles. The number of amides is 1. The van der Waals surface area contributed by atoms with Gasteiger partial charge in [-0.2, -0.15) is 0 Å². The fourth-order valence-corrected chi connectivity index (χ4v) is 6.79. The summed E-state index contributed by atoms with van der Waals surface area (Å²) in [6.07, 6.45) is 4.87. The van der Waals surface area contributed by atoms with Crippen molar-refractivity contribution >= 4 is 54.8 Å². The van der Waals surface area contributed by atoms with E-state index in [2.05, 4.69) is 31.3 Å². The number of hydrogen-bond donors (Lipinski definition) is 3. The zero-order chi connectivity index (χ0) is 23.2. The molecule has 7 nitrogen and oxygen atoms in total. The molecule has 0 unspecified atom stereocenters. The lowest BCUT2D eigenvalue weighted by Crippen LogP contribution is -2.16. The maximum atomic E-state index is 12.7. The van der Waals surface area contributed by atoms with Crippen molar-refractivity contribution in [3.05, 3.63) is 62.0 Å². The lowest BCUT2D eigenvalue weighted by atomic mass is 9.97. The number of thiophene rings is 1. The summed E-state index contributed by atoms with van der Waals surface area (Å²) in [7, 11) is 0. The first-order valence-corrected chi connectivity index (χ1v) is 13.1. The molecule has 1 aliphatic rings. The van der Waals surface area contributed by atoms with E-state index >= 15 is 0 Å². The Hall–Kier alpha value is -3.30. The molecule has 0 saturated heterocycles. The summed E-state index contributed by atoms with van der Waals surface area (Å²) >= 11 is 3.03. The Kier molecular flexibility index (Phi) is 5.30. The van der Waals surface area contributed by atoms with Crippen LogP contribution in [0.5, 0.6) is 0 Å². The van der Waals surface area contributed by atoms with Crippen LogP contribution >= 0.6 is 22.7 Å². The number of aromatic amines is 2. The number of nitrogens with zero attached hydrogens (tertiary/aromatic N) is 2. The fourth-order valence-electron chi connectivity index (χ4n) is 4.79. The van der Waals surface area contributed by atoms with Gasteiger partial charge in [-0.15, -0.1) is 22.7 Å². The van der Waals surface area contributed by atoms with E-state index in [0.29, 0.717) is 17.4 Å². The monoisotopic (exact) mass is 489 g/mol. The molecular formula is C25H23N5O2S2. The van der Waals surface area contributed by atoms with E-state index in [1.54, 1.807) is 11.3 Å². The zero-order valence-electron chi connectivity index (χ0n) is 18.7. The number of benzene rings is 1. The number of carbonyl (C=O) groups is 1. The van der Waals surface area contributed by atoms with Crippen LogP contribution in [0.2, 0.25) is 0 Å². The number of para-hydroxylation sites is 1. The molecular weight excluding hydrogens is 466 g/mol. The topological polar surface area (TPSA) is 104 Å². The second-order valence-corrected chi connectivity index (χ2v) is 10.6. The summed E-state index contributed by atoms with van der Waals surface area (Å²) < 4.78 is 0. The van der Waals surface area contributed by atoms with Gasteiger partial charge in [-0.05, 0) is 44.2 Å². The Morgan fingerprint density at radius 2 is 2.00 bits per heavy atom. The Morgan fingerprint density at radius 3 is 2.91 bits per heavy atom. The van der Waals surface area contributed by atoms with Gasteiger partial charge < -0.3 is 15.3 Å². The van der Waals surface area contributed by atoms with Crippen LogP contribution in [0.1, 0.15) is 41.2 Å². The van der Waals surface area contributed by atoms with Crippen LogP contribution < -0.4 is 10.9 Å². The third-order valence-corrected chi connectivity index (χ3v) is 8.31. The van der Waals surface area contributed by atoms with E-state index < -0.39 is 0 Å². The van der Waals surface area contributed by atoms with Crippen LogP contribution in [0.15, 0.2) is 34.4 Å². The van der Waals surface area contributed by atoms with Gasteiger partial charge in [0.2, 0.25) is 5.91 Å². The Morgan fingerprint density at radius 1 is 1.15 bits per heavy atom. The number of carbonyl (C=O) groups excluding carboxylic acids is 1. The Bertz CT molecular complexity index is 1610. The van der Waals surface area contributed by atoms with Crippen molar-refractivity contribution in [1.82, 2.24) is 19.9 Å². The zero-order valence-corrected chi connectivity index (χ0v) is 20.3. The van der Waals surface area contributed by atoms with Crippen molar-refractivity contribution in [2.75, 3.05) is 5.32 Å². The molecule has 0 bridgehead atoms. The standard InChI is InChI=1S/C25H23N5O2S2/c1-13-21(14-6-2-4-8-16(14)26-13)17-12-33-25(27-17)30-20(31)11-10-19-28-23(32)22-15-7-3-5-9-18(15)34-24(22)29-19/h2,4,6,8,12,26H,3,5,7,9-11H2,1H3,(H,27,30,31)(H,28,29,32). The summed E-state index contributed by atoms with van der Waals surface area (Å²) in [5, 5.41) is 7.28. The molecule has 34 heavy (non-hydrogen) atoms. The molecule has 9 heteroatoms. The van der Waals surface area contributed by atoms with Gasteiger partial charge in [-0.1, -0.05) is 18.2 Å². The molecule has 0 fully saturated rings. The summed E-state index contributed by atoms with van der Waals surface area (Å²) in [6.45, 7) is 2.03. The Balaban J connectivity index is 1.16. The van der Waals surface area contributed by atoms with Gasteiger partial charge >= 0.3 is 0 Å². The lowest BCUT2D eigenvalue weighted by molar-refractivity contribution is -0.116. The van der Waals surface area contributed by atoms with Crippen molar-refractivity contribution < 1.29 is 4.79 Å². The average molecular weight is 490 g/mol. The maximum absolute atomic E-state index is 12.7. The molecule has 4 heterocycles. The number of thiazole rings is 1. The summed E-state index contributed by atoms with van der Waals surface area (Å²) in [5.74, 6) is 0.408. The predicted octanol–water partition coefficient (Wildman–Crippen LogP) is 5.35. The summed E-state index contributed by atoms with van der Waals surface area (Å²) in [4.78, 5) is 43.0. The molecule has 5 aromatic rings. The molecule has 0 aliphatic heterocycles. The molecule has 0 spiro atoms. The second-order valence-electron chi connectivity index (χ2n) is 8.66. The van der Waals surface area contributed by atoms with Gasteiger partial charge in [0.1, 0.15) is 10.7 Å². The smallest absolute Gasteiger partial charge is 0.259 e. The minimum absolute atomic E-state index is 0.0847. The van der Waals surface area contributed by atoms with Crippen LogP contribution in [0.3, 0.4) is 0 Å². The first kappa shape index (κ1) is 21.2. The van der Waals surface area contributed by atoms with E-state index in [9.17, 15) is 9.59 Å². The van der Waals surface area contributed by atoms with Crippen molar-refractivity contribution in [3.63, 3.8) is 0 Å². The number of anilines is 1. The van der Waals surface area contributed by atoms with Crippen LogP contribution in [-0.4, -0.2) is 25.8 Å². The van der Waals surface area contributed by atoms with E-state index in [0.717, 1.165) is 57.3 Å². The molecule has 3 N–H and O–H groups in total. The molecule has 1 amide bonds. The highest BCUT2D eigenvalue weighted by molar-refractivity contribution is 7.18. The van der Waals surface area contributed by atoms with E-state index in [-0.39, 0.29) is 17.9 Å². The van der Waals surface area contributed by atoms with Gasteiger partial charge in [0.25, 0.3) is 5.56 Å². The van der Waals surface area contributed by atoms with Crippen LogP contribution in [0.4, 0.5) is 5.13 Å². The van der Waals surface area contributed by atoms with Gasteiger partial charge in [-0.25, -0.2) is 9.97 Å². The number of aromatic nitrogens is 4. The minimum Gasteiger partial charge on any atom is -0.358 e. The van der Waals surface area contributed by atoms with Crippen LogP contribution in [0, 0.1) is 6.92 Å². The lowest BCUT2D eigenvalue weighted by Gasteiger charge is -2.09. The highest BCUT2D eigenvalue weighted by atomic mass is 32.1. The van der Waals surface area contributed by atoms with Crippen LogP contribution in [0.25, 0.3) is 32.4 Å². The highest BCUT2D eigenvalue weighted by Crippen LogP contribution is 2.35.